The first-order chi connectivity index (χ1) is 7.61. The summed E-state index contributed by atoms with van der Waals surface area (Å²) in [6.45, 7) is 0. The van der Waals surface area contributed by atoms with Crippen molar-refractivity contribution in [1.29, 1.82) is 0 Å². The second kappa shape index (κ2) is 4.50. The van der Waals surface area contributed by atoms with Crippen molar-refractivity contribution in [3.05, 3.63) is 31.9 Å². The third-order valence-electron chi connectivity index (χ3n) is 1.98. The highest BCUT2D eigenvalue weighted by Gasteiger charge is 2.19. The molecule has 82 valence electrons. The van der Waals surface area contributed by atoms with Crippen molar-refractivity contribution < 1.29 is 4.79 Å². The number of carbonyl (C=O) groups is 1. The molecule has 0 aliphatic rings. The van der Waals surface area contributed by atoms with E-state index in [1.165, 1.54) is 0 Å². The van der Waals surface area contributed by atoms with Crippen LogP contribution in [0, 0.1) is 3.57 Å². The van der Waals surface area contributed by atoms with Crippen molar-refractivity contribution in [1.82, 2.24) is 15.4 Å². The fourth-order valence-electron chi connectivity index (χ4n) is 1.30. The van der Waals surface area contributed by atoms with E-state index in [1.54, 1.807) is 0 Å². The summed E-state index contributed by atoms with van der Waals surface area (Å²) in [6, 6.07) is 5.69. The molecule has 1 aromatic heterocycles. The summed E-state index contributed by atoms with van der Waals surface area (Å²) in [5.74, 6) is -0.602. The van der Waals surface area contributed by atoms with E-state index in [1.807, 2.05) is 18.2 Å². The zero-order valence-corrected chi connectivity index (χ0v) is 11.6. The largest absolute Gasteiger partial charge is 0.364 e. The summed E-state index contributed by atoms with van der Waals surface area (Å²) in [6.07, 6.45) is 0. The maximum Gasteiger partial charge on any atom is 0.271 e. The second-order valence-corrected chi connectivity index (χ2v) is 5.00. The molecule has 1 amide bonds. The molecule has 0 unspecified atom stereocenters. The number of H-pyrrole nitrogens is 1. The van der Waals surface area contributed by atoms with Crippen LogP contribution in [0.25, 0.3) is 11.3 Å². The molecular formula is C9H6BrIN4O. The topological polar surface area (TPSA) is 84.7 Å². The number of benzene rings is 1. The van der Waals surface area contributed by atoms with Crippen molar-refractivity contribution in [2.45, 2.75) is 0 Å². The van der Waals surface area contributed by atoms with E-state index in [0.29, 0.717) is 5.69 Å². The van der Waals surface area contributed by atoms with Gasteiger partial charge in [0.15, 0.2) is 5.69 Å². The van der Waals surface area contributed by atoms with Crippen LogP contribution in [0.1, 0.15) is 10.5 Å². The molecule has 0 radical (unpaired) electrons. The molecule has 0 atom stereocenters. The lowest BCUT2D eigenvalue weighted by Gasteiger charge is -2.04. The third kappa shape index (κ3) is 1.96. The van der Waals surface area contributed by atoms with E-state index >= 15 is 0 Å². The Balaban J connectivity index is 2.68. The highest BCUT2D eigenvalue weighted by molar-refractivity contribution is 14.1. The predicted octanol–water partition coefficient (Wildman–Crippen LogP) is 1.94. The molecule has 5 nitrogen and oxygen atoms in total. The molecule has 2 rings (SSSR count). The predicted molar refractivity (Wildman–Crippen MR) is 70.8 cm³/mol. The van der Waals surface area contributed by atoms with Crippen molar-refractivity contribution in [2.75, 3.05) is 0 Å². The molecule has 1 heterocycles. The van der Waals surface area contributed by atoms with Gasteiger partial charge in [0.25, 0.3) is 5.91 Å². The molecule has 0 bridgehead atoms. The summed E-state index contributed by atoms with van der Waals surface area (Å²) in [5.41, 5.74) is 6.63. The summed E-state index contributed by atoms with van der Waals surface area (Å²) in [5, 5.41) is 10.1. The Bertz CT molecular complexity index is 534. The standard InChI is InChI=1S/C9H6BrIN4O/c10-4-2-1-3-5(11)6(4)7-8(9(12)16)14-15-13-7/h1-3H,(H2,12,16)(H,13,14,15). The molecule has 3 N–H and O–H groups in total. The van der Waals surface area contributed by atoms with Crippen molar-refractivity contribution in [3.8, 4) is 11.3 Å². The molecule has 0 aliphatic heterocycles. The molecule has 1 aromatic carbocycles. The number of aromatic nitrogens is 3. The molecule has 0 aliphatic carbocycles. The van der Waals surface area contributed by atoms with Crippen LogP contribution in [0.15, 0.2) is 22.7 Å². The lowest BCUT2D eigenvalue weighted by Crippen LogP contribution is -2.13. The number of nitrogens with one attached hydrogen (secondary N) is 1. The Morgan fingerprint density at radius 3 is 2.81 bits per heavy atom. The molecule has 7 heteroatoms. The summed E-state index contributed by atoms with van der Waals surface area (Å²) in [7, 11) is 0. The zero-order chi connectivity index (χ0) is 11.7. The van der Waals surface area contributed by atoms with Gasteiger partial charge in [-0.25, -0.2) is 0 Å². The van der Waals surface area contributed by atoms with E-state index in [9.17, 15) is 4.79 Å². The number of amides is 1. The Kier molecular flexibility index (Phi) is 3.24. The fraction of sp³-hybridized carbons (Fsp3) is 0. The van der Waals surface area contributed by atoms with Gasteiger partial charge in [-0.3, -0.25) is 4.79 Å². The minimum atomic E-state index is -0.602. The second-order valence-electron chi connectivity index (χ2n) is 2.98. The number of halogens is 2. The van der Waals surface area contributed by atoms with E-state index in [0.717, 1.165) is 13.6 Å². The minimum absolute atomic E-state index is 0.143. The Labute approximate surface area is 113 Å². The number of carbonyl (C=O) groups excluding carboxylic acids is 1. The van der Waals surface area contributed by atoms with Gasteiger partial charge < -0.3 is 5.73 Å². The number of nitrogens with zero attached hydrogens (tertiary/aromatic N) is 2. The van der Waals surface area contributed by atoms with Gasteiger partial charge >= 0.3 is 0 Å². The Morgan fingerprint density at radius 1 is 1.44 bits per heavy atom. The van der Waals surface area contributed by atoms with Crippen LogP contribution < -0.4 is 5.73 Å². The lowest BCUT2D eigenvalue weighted by molar-refractivity contribution is 0.0996. The fourth-order valence-corrected chi connectivity index (χ4v) is 2.98. The van der Waals surface area contributed by atoms with E-state index < -0.39 is 5.91 Å². The highest BCUT2D eigenvalue weighted by atomic mass is 127. The van der Waals surface area contributed by atoms with E-state index in [4.69, 9.17) is 5.73 Å². The number of rotatable bonds is 2. The third-order valence-corrected chi connectivity index (χ3v) is 3.54. The molecule has 16 heavy (non-hydrogen) atoms. The van der Waals surface area contributed by atoms with Gasteiger partial charge in [0.05, 0.1) is 0 Å². The lowest BCUT2D eigenvalue weighted by atomic mass is 10.1. The van der Waals surface area contributed by atoms with Crippen LogP contribution in [-0.4, -0.2) is 21.3 Å². The monoisotopic (exact) mass is 392 g/mol. The van der Waals surface area contributed by atoms with Crippen LogP contribution >= 0.6 is 38.5 Å². The molecular weight excluding hydrogens is 387 g/mol. The van der Waals surface area contributed by atoms with Crippen LogP contribution in [0.2, 0.25) is 0 Å². The molecule has 0 fully saturated rings. The van der Waals surface area contributed by atoms with Crippen LogP contribution in [0.4, 0.5) is 0 Å². The Morgan fingerprint density at radius 2 is 2.19 bits per heavy atom. The molecule has 0 spiro atoms. The SMILES string of the molecule is NC(=O)c1n[nH]nc1-c1c(Br)cccc1I. The van der Waals surface area contributed by atoms with Crippen LogP contribution in [0.5, 0.6) is 0 Å². The zero-order valence-electron chi connectivity index (χ0n) is 7.87. The number of aromatic amines is 1. The smallest absolute Gasteiger partial charge is 0.271 e. The number of primary amides is 1. The van der Waals surface area contributed by atoms with Gasteiger partial charge in [0.2, 0.25) is 0 Å². The van der Waals surface area contributed by atoms with E-state index in [2.05, 4.69) is 53.9 Å². The highest BCUT2D eigenvalue weighted by Crippen LogP contribution is 2.32. The summed E-state index contributed by atoms with van der Waals surface area (Å²) < 4.78 is 1.80. The van der Waals surface area contributed by atoms with Crippen LogP contribution in [-0.2, 0) is 0 Å². The van der Waals surface area contributed by atoms with Gasteiger partial charge in [-0.05, 0) is 34.7 Å². The van der Waals surface area contributed by atoms with Crippen molar-refractivity contribution in [3.63, 3.8) is 0 Å². The van der Waals surface area contributed by atoms with Gasteiger partial charge in [-0.1, -0.05) is 22.0 Å². The number of hydrogen-bond donors (Lipinski definition) is 2. The first-order valence-corrected chi connectivity index (χ1v) is 6.13. The van der Waals surface area contributed by atoms with Crippen molar-refractivity contribution >= 4 is 44.4 Å². The van der Waals surface area contributed by atoms with Crippen LogP contribution in [0.3, 0.4) is 0 Å². The number of nitrogens with two attached hydrogens (primary N) is 1. The van der Waals surface area contributed by atoms with Gasteiger partial charge in [-0.2, -0.15) is 15.4 Å². The summed E-state index contributed by atoms with van der Waals surface area (Å²) in [4.78, 5) is 11.2. The normalized spacial score (nSPS) is 10.4. The average Bonchev–Trinajstić information content (AvgIpc) is 2.66. The van der Waals surface area contributed by atoms with Gasteiger partial charge in [0.1, 0.15) is 5.69 Å². The Hall–Kier alpha value is -0.960. The maximum atomic E-state index is 11.2. The van der Waals surface area contributed by atoms with Crippen molar-refractivity contribution in [2.24, 2.45) is 5.73 Å². The summed E-state index contributed by atoms with van der Waals surface area (Å²) >= 11 is 5.58. The first-order valence-electron chi connectivity index (χ1n) is 4.26. The average molecular weight is 393 g/mol. The number of hydrogen-bond acceptors (Lipinski definition) is 3. The van der Waals surface area contributed by atoms with E-state index in [-0.39, 0.29) is 5.69 Å². The first kappa shape index (κ1) is 11.5. The molecule has 0 saturated heterocycles. The molecule has 2 aromatic rings. The maximum absolute atomic E-state index is 11.2. The minimum Gasteiger partial charge on any atom is -0.364 e. The van der Waals surface area contributed by atoms with Gasteiger partial charge in [-0.15, -0.1) is 0 Å². The molecule has 0 saturated carbocycles. The quantitative estimate of drug-likeness (QED) is 0.766. The van der Waals surface area contributed by atoms with Gasteiger partial charge in [0, 0.05) is 13.6 Å².